The number of hydrogen-bond donors (Lipinski definition) is 0. The second-order valence-electron chi connectivity index (χ2n) is 2.93. The van der Waals surface area contributed by atoms with Crippen LogP contribution in [0.3, 0.4) is 0 Å². The van der Waals surface area contributed by atoms with E-state index in [1.807, 2.05) is 29.3 Å². The third kappa shape index (κ3) is 3.31. The molecule has 2 nitrogen and oxygen atoms in total. The fraction of sp³-hybridized carbons (Fsp3) is 0.500. The Bertz CT molecular complexity index is 274. The van der Waals surface area contributed by atoms with Crippen molar-refractivity contribution in [2.24, 2.45) is 0 Å². The van der Waals surface area contributed by atoms with Crippen molar-refractivity contribution < 1.29 is 4.79 Å². The lowest BCUT2D eigenvalue weighted by Gasteiger charge is -2.19. The zero-order chi connectivity index (χ0) is 10.4. The summed E-state index contributed by atoms with van der Waals surface area (Å²) in [6.07, 6.45) is 0.431. The molecular weight excluding hydrogens is 218 g/mol. The molecule has 0 spiro atoms. The van der Waals surface area contributed by atoms with Gasteiger partial charge in [0.15, 0.2) is 0 Å². The maximum atomic E-state index is 11.5. The third-order valence-corrected chi connectivity index (χ3v) is 3.02. The average Bonchev–Trinajstić information content (AvgIpc) is 2.66. The van der Waals surface area contributed by atoms with Crippen molar-refractivity contribution >= 4 is 28.8 Å². The van der Waals surface area contributed by atoms with Crippen LogP contribution in [0.25, 0.3) is 0 Å². The summed E-state index contributed by atoms with van der Waals surface area (Å²) < 4.78 is 0. The summed E-state index contributed by atoms with van der Waals surface area (Å²) in [4.78, 5) is 14.6. The highest BCUT2D eigenvalue weighted by Gasteiger charge is 2.11. The third-order valence-electron chi connectivity index (χ3n) is 1.97. The Balaban J connectivity index is 2.50. The topological polar surface area (TPSA) is 20.3 Å². The summed E-state index contributed by atoms with van der Waals surface area (Å²) in [6, 6.07) is 4.04. The number of carbonyl (C=O) groups excluding carboxylic acids is 1. The lowest BCUT2D eigenvalue weighted by molar-refractivity contribution is -0.131. The normalized spacial score (nSPS) is 10.1. The van der Waals surface area contributed by atoms with Crippen LogP contribution in [0, 0.1) is 0 Å². The first-order valence-electron chi connectivity index (χ1n) is 4.64. The van der Waals surface area contributed by atoms with Crippen LogP contribution >= 0.6 is 22.9 Å². The monoisotopic (exact) mass is 231 g/mol. The maximum absolute atomic E-state index is 11.5. The van der Waals surface area contributed by atoms with Gasteiger partial charge >= 0.3 is 0 Å². The predicted octanol–water partition coefficient (Wildman–Crippen LogP) is 2.73. The molecule has 1 amide bonds. The van der Waals surface area contributed by atoms with E-state index < -0.39 is 0 Å². The summed E-state index contributed by atoms with van der Waals surface area (Å²) in [6.45, 7) is 3.44. The first-order valence-corrected chi connectivity index (χ1v) is 6.05. The zero-order valence-corrected chi connectivity index (χ0v) is 9.77. The molecule has 1 aromatic rings. The van der Waals surface area contributed by atoms with Crippen LogP contribution in [0.2, 0.25) is 0 Å². The van der Waals surface area contributed by atoms with E-state index in [9.17, 15) is 4.79 Å². The van der Waals surface area contributed by atoms with Gasteiger partial charge in [-0.15, -0.1) is 22.9 Å². The van der Waals surface area contributed by atoms with E-state index in [1.165, 1.54) is 4.88 Å². The van der Waals surface area contributed by atoms with E-state index in [-0.39, 0.29) is 5.91 Å². The number of thiophene rings is 1. The minimum absolute atomic E-state index is 0.135. The van der Waals surface area contributed by atoms with Crippen LogP contribution in [0.1, 0.15) is 18.2 Å². The summed E-state index contributed by atoms with van der Waals surface area (Å²) in [5.74, 6) is 0.538. The molecule has 0 atom stereocenters. The van der Waals surface area contributed by atoms with Gasteiger partial charge in [0.1, 0.15) is 0 Å². The summed E-state index contributed by atoms with van der Waals surface area (Å²) in [5.41, 5.74) is 0. The fourth-order valence-corrected chi connectivity index (χ4v) is 2.09. The largest absolute Gasteiger partial charge is 0.338 e. The first kappa shape index (κ1) is 11.5. The predicted molar refractivity (Wildman–Crippen MR) is 60.7 cm³/mol. The van der Waals surface area contributed by atoms with Crippen LogP contribution in [0.4, 0.5) is 0 Å². The SMILES string of the molecule is CCN(Cc1cccs1)C(=O)CCCl. The highest BCUT2D eigenvalue weighted by molar-refractivity contribution is 7.09. The van der Waals surface area contributed by atoms with E-state index in [2.05, 4.69) is 0 Å². The zero-order valence-electron chi connectivity index (χ0n) is 8.20. The molecule has 0 aromatic carbocycles. The molecule has 0 fully saturated rings. The van der Waals surface area contributed by atoms with E-state index in [1.54, 1.807) is 11.3 Å². The van der Waals surface area contributed by atoms with Crippen molar-refractivity contribution in [1.29, 1.82) is 0 Å². The van der Waals surface area contributed by atoms with Crippen LogP contribution in [0.5, 0.6) is 0 Å². The molecule has 0 N–H and O–H groups in total. The molecule has 14 heavy (non-hydrogen) atoms. The van der Waals surface area contributed by atoms with Crippen molar-refractivity contribution in [3.05, 3.63) is 22.4 Å². The van der Waals surface area contributed by atoms with Gasteiger partial charge in [-0.25, -0.2) is 0 Å². The van der Waals surface area contributed by atoms with Crippen LogP contribution in [-0.4, -0.2) is 23.2 Å². The second kappa shape index (κ2) is 6.04. The van der Waals surface area contributed by atoms with Gasteiger partial charge in [-0.05, 0) is 18.4 Å². The Labute approximate surface area is 93.5 Å². The number of amides is 1. The fourth-order valence-electron chi connectivity index (χ4n) is 1.21. The van der Waals surface area contributed by atoms with Gasteiger partial charge in [0.05, 0.1) is 6.54 Å². The number of rotatable bonds is 5. The molecule has 0 aliphatic rings. The molecule has 4 heteroatoms. The number of nitrogens with zero attached hydrogens (tertiary/aromatic N) is 1. The van der Waals surface area contributed by atoms with Gasteiger partial charge in [0, 0.05) is 23.7 Å². The second-order valence-corrected chi connectivity index (χ2v) is 4.34. The molecule has 0 radical (unpaired) electrons. The number of alkyl halides is 1. The maximum Gasteiger partial charge on any atom is 0.224 e. The van der Waals surface area contributed by atoms with E-state index in [4.69, 9.17) is 11.6 Å². The van der Waals surface area contributed by atoms with E-state index >= 15 is 0 Å². The molecular formula is C10H14ClNOS. The van der Waals surface area contributed by atoms with Crippen molar-refractivity contribution in [1.82, 2.24) is 4.90 Å². The molecule has 0 bridgehead atoms. The lowest BCUT2D eigenvalue weighted by Crippen LogP contribution is -2.29. The van der Waals surface area contributed by atoms with Crippen molar-refractivity contribution in [3.63, 3.8) is 0 Å². The summed E-state index contributed by atoms with van der Waals surface area (Å²) in [7, 11) is 0. The molecule has 0 aliphatic heterocycles. The minimum atomic E-state index is 0.135. The molecule has 1 aromatic heterocycles. The standard InChI is InChI=1S/C10H14ClNOS/c1-2-12(10(13)5-6-11)8-9-4-3-7-14-9/h3-4,7H,2,5-6,8H2,1H3. The van der Waals surface area contributed by atoms with E-state index in [0.29, 0.717) is 18.8 Å². The van der Waals surface area contributed by atoms with Gasteiger partial charge in [-0.2, -0.15) is 0 Å². The minimum Gasteiger partial charge on any atom is -0.338 e. The Morgan fingerprint density at radius 2 is 2.43 bits per heavy atom. The highest BCUT2D eigenvalue weighted by Crippen LogP contribution is 2.12. The molecule has 0 saturated carbocycles. The van der Waals surface area contributed by atoms with Crippen LogP contribution < -0.4 is 0 Å². The lowest BCUT2D eigenvalue weighted by atomic mass is 10.3. The molecule has 1 heterocycles. The number of hydrogen-bond acceptors (Lipinski definition) is 2. The Morgan fingerprint density at radius 1 is 1.64 bits per heavy atom. The van der Waals surface area contributed by atoms with Crippen molar-refractivity contribution in [2.75, 3.05) is 12.4 Å². The van der Waals surface area contributed by atoms with Gasteiger partial charge in [0.25, 0.3) is 0 Å². The summed E-state index contributed by atoms with van der Waals surface area (Å²) >= 11 is 7.21. The van der Waals surface area contributed by atoms with Crippen LogP contribution in [0.15, 0.2) is 17.5 Å². The van der Waals surface area contributed by atoms with Gasteiger partial charge in [0.2, 0.25) is 5.91 Å². The molecule has 78 valence electrons. The molecule has 1 rings (SSSR count). The average molecular weight is 232 g/mol. The van der Waals surface area contributed by atoms with Crippen LogP contribution in [-0.2, 0) is 11.3 Å². The Kier molecular flexibility index (Phi) is 4.98. The Hall–Kier alpha value is -0.540. The van der Waals surface area contributed by atoms with Crippen molar-refractivity contribution in [3.8, 4) is 0 Å². The van der Waals surface area contributed by atoms with Gasteiger partial charge in [-0.1, -0.05) is 6.07 Å². The van der Waals surface area contributed by atoms with Crippen molar-refractivity contribution in [2.45, 2.75) is 19.9 Å². The number of halogens is 1. The first-order chi connectivity index (χ1) is 6.77. The van der Waals surface area contributed by atoms with Gasteiger partial charge < -0.3 is 4.90 Å². The Morgan fingerprint density at radius 3 is 2.93 bits per heavy atom. The quantitative estimate of drug-likeness (QED) is 0.714. The summed E-state index contributed by atoms with van der Waals surface area (Å²) in [5, 5.41) is 2.02. The molecule has 0 aliphatic carbocycles. The molecule has 0 unspecified atom stereocenters. The number of carbonyl (C=O) groups is 1. The smallest absolute Gasteiger partial charge is 0.224 e. The van der Waals surface area contributed by atoms with E-state index in [0.717, 1.165) is 6.54 Å². The highest BCUT2D eigenvalue weighted by atomic mass is 35.5. The van der Waals surface area contributed by atoms with Gasteiger partial charge in [-0.3, -0.25) is 4.79 Å². The molecule has 0 saturated heterocycles.